The highest BCUT2D eigenvalue weighted by atomic mass is 79.9. The van der Waals surface area contributed by atoms with Crippen LogP contribution in [0.25, 0.3) is 0 Å². The summed E-state index contributed by atoms with van der Waals surface area (Å²) in [6, 6.07) is 2.15. The Labute approximate surface area is 116 Å². The van der Waals surface area contributed by atoms with Crippen LogP contribution in [0.1, 0.15) is 6.42 Å². The van der Waals surface area contributed by atoms with E-state index in [-0.39, 0.29) is 28.3 Å². The maximum Gasteiger partial charge on any atom is 0.293 e. The zero-order valence-corrected chi connectivity index (χ0v) is 11.4. The van der Waals surface area contributed by atoms with Gasteiger partial charge in [-0.1, -0.05) is 0 Å². The summed E-state index contributed by atoms with van der Waals surface area (Å²) in [4.78, 5) is 23.2. The highest BCUT2D eigenvalue weighted by Crippen LogP contribution is 2.39. The minimum absolute atomic E-state index is 0.0341. The minimum atomic E-state index is -0.580. The molecule has 1 aliphatic rings. The molecule has 0 saturated carbocycles. The molecule has 1 amide bonds. The lowest BCUT2D eigenvalue weighted by atomic mass is 10.1. The summed E-state index contributed by atoms with van der Waals surface area (Å²) < 4.78 is 13.6. The van der Waals surface area contributed by atoms with Crippen molar-refractivity contribution in [2.75, 3.05) is 18.0 Å². The normalized spacial score (nSPS) is 18.6. The van der Waals surface area contributed by atoms with Gasteiger partial charge in [0.15, 0.2) is 0 Å². The summed E-state index contributed by atoms with van der Waals surface area (Å²) in [5.41, 5.74) is 5.18. The first-order valence-corrected chi connectivity index (χ1v) is 6.37. The molecule has 2 rings (SSSR count). The summed E-state index contributed by atoms with van der Waals surface area (Å²) in [5.74, 6) is -1.39. The Balaban J connectivity index is 2.42. The maximum atomic E-state index is 13.5. The highest BCUT2D eigenvalue weighted by molar-refractivity contribution is 9.10. The monoisotopic (exact) mass is 331 g/mol. The molecule has 8 heteroatoms. The van der Waals surface area contributed by atoms with E-state index in [9.17, 15) is 19.3 Å². The van der Waals surface area contributed by atoms with Gasteiger partial charge in [0.25, 0.3) is 5.69 Å². The maximum absolute atomic E-state index is 13.5. The van der Waals surface area contributed by atoms with Crippen LogP contribution < -0.4 is 10.6 Å². The number of rotatable bonds is 3. The van der Waals surface area contributed by atoms with Crippen molar-refractivity contribution < 1.29 is 14.1 Å². The topological polar surface area (TPSA) is 89.5 Å². The average molecular weight is 332 g/mol. The van der Waals surface area contributed by atoms with Crippen LogP contribution in [-0.2, 0) is 4.79 Å². The van der Waals surface area contributed by atoms with E-state index < -0.39 is 16.6 Å². The Bertz CT molecular complexity index is 552. The van der Waals surface area contributed by atoms with E-state index >= 15 is 0 Å². The van der Waals surface area contributed by atoms with E-state index in [1.807, 2.05) is 0 Å². The molecule has 6 nitrogen and oxygen atoms in total. The van der Waals surface area contributed by atoms with Crippen LogP contribution in [0, 0.1) is 21.8 Å². The smallest absolute Gasteiger partial charge is 0.293 e. The third-order valence-corrected chi connectivity index (χ3v) is 3.91. The van der Waals surface area contributed by atoms with Gasteiger partial charge < -0.3 is 10.6 Å². The molecule has 1 atom stereocenters. The van der Waals surface area contributed by atoms with E-state index in [0.29, 0.717) is 13.0 Å². The fourth-order valence-electron chi connectivity index (χ4n) is 2.17. The van der Waals surface area contributed by atoms with Gasteiger partial charge in [-0.15, -0.1) is 0 Å². The van der Waals surface area contributed by atoms with Gasteiger partial charge in [0.05, 0.1) is 15.3 Å². The molecule has 1 fully saturated rings. The molecule has 1 unspecified atom stereocenters. The van der Waals surface area contributed by atoms with Gasteiger partial charge in [-0.2, -0.15) is 0 Å². The molecule has 19 heavy (non-hydrogen) atoms. The van der Waals surface area contributed by atoms with E-state index in [1.165, 1.54) is 0 Å². The molecule has 1 saturated heterocycles. The van der Waals surface area contributed by atoms with Crippen LogP contribution in [0.2, 0.25) is 0 Å². The van der Waals surface area contributed by atoms with Crippen LogP contribution in [0.5, 0.6) is 0 Å². The standard InChI is InChI=1S/C11H11BrFN3O3/c12-9-7(13)1-2-8(16(18)19)10(9)15-4-3-6(5-15)11(14)17/h1-2,6H,3-5H2,(H2,14,17). The number of hydrogen-bond donors (Lipinski definition) is 1. The lowest BCUT2D eigenvalue weighted by molar-refractivity contribution is -0.384. The summed E-state index contributed by atoms with van der Waals surface area (Å²) in [5, 5.41) is 11.0. The van der Waals surface area contributed by atoms with Gasteiger partial charge in [0.2, 0.25) is 5.91 Å². The molecule has 102 valence electrons. The Morgan fingerprint density at radius 3 is 2.79 bits per heavy atom. The molecule has 0 aromatic heterocycles. The second kappa shape index (κ2) is 5.12. The van der Waals surface area contributed by atoms with Gasteiger partial charge in [-0.05, 0) is 28.4 Å². The molecule has 0 spiro atoms. The van der Waals surface area contributed by atoms with Gasteiger partial charge >= 0.3 is 0 Å². The first-order valence-electron chi connectivity index (χ1n) is 5.58. The van der Waals surface area contributed by atoms with Gasteiger partial charge in [-0.3, -0.25) is 14.9 Å². The number of primary amides is 1. The van der Waals surface area contributed by atoms with Gasteiger partial charge in [0.1, 0.15) is 11.5 Å². The van der Waals surface area contributed by atoms with Crippen LogP contribution >= 0.6 is 15.9 Å². The third kappa shape index (κ3) is 2.53. The predicted molar refractivity (Wildman–Crippen MR) is 70.3 cm³/mol. The zero-order chi connectivity index (χ0) is 14.2. The molecular formula is C11H11BrFN3O3. The molecule has 0 bridgehead atoms. The number of carbonyl (C=O) groups excluding carboxylic acids is 1. The minimum Gasteiger partial charge on any atom is -0.369 e. The number of nitrogens with two attached hydrogens (primary N) is 1. The van der Waals surface area contributed by atoms with Crippen molar-refractivity contribution in [3.63, 3.8) is 0 Å². The van der Waals surface area contributed by atoms with Crippen LogP contribution in [0.15, 0.2) is 16.6 Å². The number of nitro groups is 1. The van der Waals surface area contributed by atoms with Crippen molar-refractivity contribution in [1.82, 2.24) is 0 Å². The second-order valence-corrected chi connectivity index (χ2v) is 5.11. The molecular weight excluding hydrogens is 321 g/mol. The fourth-order valence-corrected chi connectivity index (χ4v) is 2.76. The highest BCUT2D eigenvalue weighted by Gasteiger charge is 2.32. The van der Waals surface area contributed by atoms with Crippen molar-refractivity contribution >= 4 is 33.2 Å². The lowest BCUT2D eigenvalue weighted by Gasteiger charge is -2.19. The quantitative estimate of drug-likeness (QED) is 0.675. The van der Waals surface area contributed by atoms with Crippen molar-refractivity contribution in [2.24, 2.45) is 11.7 Å². The number of hydrogen-bond acceptors (Lipinski definition) is 4. The summed E-state index contributed by atoms with van der Waals surface area (Å²) >= 11 is 3.03. The molecule has 1 aromatic rings. The largest absolute Gasteiger partial charge is 0.369 e. The third-order valence-electron chi connectivity index (χ3n) is 3.15. The van der Waals surface area contributed by atoms with E-state index in [4.69, 9.17) is 5.73 Å². The molecule has 0 radical (unpaired) electrons. The Hall–Kier alpha value is -1.70. The predicted octanol–water partition coefficient (Wildman–Crippen LogP) is 1.81. The summed E-state index contributed by atoms with van der Waals surface area (Å²) in [7, 11) is 0. The lowest BCUT2D eigenvalue weighted by Crippen LogP contribution is -2.27. The number of nitrogens with zero attached hydrogens (tertiary/aromatic N) is 2. The Kier molecular flexibility index (Phi) is 3.70. The fraction of sp³-hybridized carbons (Fsp3) is 0.364. The van der Waals surface area contributed by atoms with Crippen LogP contribution in [-0.4, -0.2) is 23.9 Å². The summed E-state index contributed by atoms with van der Waals surface area (Å²) in [6.07, 6.45) is 0.509. The average Bonchev–Trinajstić information content (AvgIpc) is 2.81. The van der Waals surface area contributed by atoms with Crippen molar-refractivity contribution in [2.45, 2.75) is 6.42 Å². The summed E-state index contributed by atoms with van der Waals surface area (Å²) in [6.45, 7) is 0.689. The van der Waals surface area contributed by atoms with Crippen LogP contribution in [0.3, 0.4) is 0 Å². The Morgan fingerprint density at radius 1 is 1.58 bits per heavy atom. The van der Waals surface area contributed by atoms with Crippen molar-refractivity contribution in [1.29, 1.82) is 0 Å². The van der Waals surface area contributed by atoms with E-state index in [2.05, 4.69) is 15.9 Å². The SMILES string of the molecule is NC(=O)C1CCN(c2c([N+](=O)[O-])ccc(F)c2Br)C1. The van der Waals surface area contributed by atoms with Crippen molar-refractivity contribution in [3.8, 4) is 0 Å². The van der Waals surface area contributed by atoms with Gasteiger partial charge in [0, 0.05) is 19.2 Å². The van der Waals surface area contributed by atoms with Crippen molar-refractivity contribution in [3.05, 3.63) is 32.5 Å². The number of halogens is 2. The number of benzene rings is 1. The molecule has 1 aromatic carbocycles. The Morgan fingerprint density at radius 2 is 2.26 bits per heavy atom. The molecule has 1 aliphatic heterocycles. The number of nitro benzene ring substituents is 1. The second-order valence-electron chi connectivity index (χ2n) is 4.32. The number of anilines is 1. The first kappa shape index (κ1) is 13.7. The zero-order valence-electron chi connectivity index (χ0n) is 9.81. The number of amides is 1. The van der Waals surface area contributed by atoms with Gasteiger partial charge in [-0.25, -0.2) is 4.39 Å². The number of carbonyl (C=O) groups is 1. The van der Waals surface area contributed by atoms with E-state index in [0.717, 1.165) is 12.1 Å². The molecule has 1 heterocycles. The van der Waals surface area contributed by atoms with E-state index in [1.54, 1.807) is 4.90 Å². The molecule has 2 N–H and O–H groups in total. The molecule has 0 aliphatic carbocycles. The first-order chi connectivity index (χ1) is 8.91. The van der Waals surface area contributed by atoms with Crippen LogP contribution in [0.4, 0.5) is 15.8 Å².